The van der Waals surface area contributed by atoms with Crippen LogP contribution in [0.2, 0.25) is 0 Å². The summed E-state index contributed by atoms with van der Waals surface area (Å²) in [6.07, 6.45) is 6.35. The van der Waals surface area contributed by atoms with Gasteiger partial charge in [0.25, 0.3) is 0 Å². The largest absolute Gasteiger partial charge is 0.327 e. The van der Waals surface area contributed by atoms with Crippen LogP contribution in [-0.4, -0.2) is 21.1 Å². The molecule has 5 heteroatoms. The van der Waals surface area contributed by atoms with E-state index < -0.39 is 0 Å². The first-order valence-electron chi connectivity index (χ1n) is 5.97. The average molecular weight is 248 g/mol. The fourth-order valence-electron chi connectivity index (χ4n) is 2.35. The van der Waals surface area contributed by atoms with E-state index in [-0.39, 0.29) is 0 Å². The average Bonchev–Trinajstić information content (AvgIpc) is 3.00. The lowest BCUT2D eigenvalue weighted by atomic mass is 10.2. The normalized spacial score (nSPS) is 19.9. The van der Waals surface area contributed by atoms with Crippen molar-refractivity contribution < 1.29 is 0 Å². The molecule has 1 fully saturated rings. The van der Waals surface area contributed by atoms with Crippen LogP contribution in [0.15, 0.2) is 17.9 Å². The Morgan fingerprint density at radius 1 is 1.59 bits per heavy atom. The Bertz CT molecular complexity index is 496. The summed E-state index contributed by atoms with van der Waals surface area (Å²) in [5.74, 6) is 0. The molecule has 1 atom stereocenters. The maximum absolute atomic E-state index is 4.50. The van der Waals surface area contributed by atoms with E-state index in [1.54, 1.807) is 11.3 Å². The van der Waals surface area contributed by atoms with Gasteiger partial charge in [0, 0.05) is 17.6 Å². The number of aryl methyl sites for hydroxylation is 1. The highest BCUT2D eigenvalue weighted by Crippen LogP contribution is 2.23. The molecule has 2 aromatic rings. The second kappa shape index (κ2) is 4.58. The molecule has 4 nitrogen and oxygen atoms in total. The van der Waals surface area contributed by atoms with Gasteiger partial charge in [-0.15, -0.1) is 11.3 Å². The third-order valence-electron chi connectivity index (χ3n) is 3.16. The van der Waals surface area contributed by atoms with E-state index >= 15 is 0 Å². The van der Waals surface area contributed by atoms with E-state index in [0.717, 1.165) is 23.8 Å². The van der Waals surface area contributed by atoms with Gasteiger partial charge in [0.15, 0.2) is 0 Å². The smallest absolute Gasteiger partial charge is 0.0952 e. The molecule has 0 aliphatic carbocycles. The molecular formula is C12H16N4S. The number of imidazole rings is 1. The van der Waals surface area contributed by atoms with Gasteiger partial charge in [-0.1, -0.05) is 0 Å². The summed E-state index contributed by atoms with van der Waals surface area (Å²) in [4.78, 5) is 8.77. The molecule has 3 rings (SSSR count). The van der Waals surface area contributed by atoms with Crippen LogP contribution >= 0.6 is 11.3 Å². The molecule has 0 spiro atoms. The van der Waals surface area contributed by atoms with Crippen LogP contribution < -0.4 is 5.32 Å². The number of rotatable bonds is 3. The van der Waals surface area contributed by atoms with Crippen molar-refractivity contribution >= 4 is 11.3 Å². The molecule has 1 N–H and O–H groups in total. The first kappa shape index (κ1) is 10.9. The maximum atomic E-state index is 4.50. The van der Waals surface area contributed by atoms with Crippen LogP contribution in [0, 0.1) is 6.92 Å². The summed E-state index contributed by atoms with van der Waals surface area (Å²) < 4.78 is 2.21. The number of nitrogens with zero attached hydrogens (tertiary/aromatic N) is 3. The number of aromatic nitrogens is 3. The minimum absolute atomic E-state index is 0.470. The summed E-state index contributed by atoms with van der Waals surface area (Å²) in [6, 6.07) is 0.470. The van der Waals surface area contributed by atoms with E-state index in [9.17, 15) is 0 Å². The van der Waals surface area contributed by atoms with Crippen molar-refractivity contribution in [3.63, 3.8) is 0 Å². The van der Waals surface area contributed by atoms with Gasteiger partial charge in [0.05, 0.1) is 29.3 Å². The Morgan fingerprint density at radius 2 is 2.53 bits per heavy atom. The zero-order valence-corrected chi connectivity index (χ0v) is 10.7. The number of hydrogen-bond acceptors (Lipinski definition) is 4. The topological polar surface area (TPSA) is 42.7 Å². The number of hydrogen-bond donors (Lipinski definition) is 1. The van der Waals surface area contributed by atoms with E-state index in [0.29, 0.717) is 6.04 Å². The summed E-state index contributed by atoms with van der Waals surface area (Å²) >= 11 is 1.70. The molecule has 90 valence electrons. The second-order valence-electron chi connectivity index (χ2n) is 4.45. The summed E-state index contributed by atoms with van der Waals surface area (Å²) in [6.45, 7) is 3.99. The first-order chi connectivity index (χ1) is 8.33. The zero-order chi connectivity index (χ0) is 11.7. The van der Waals surface area contributed by atoms with Crippen molar-refractivity contribution in [2.75, 3.05) is 6.54 Å². The SMILES string of the molecule is Cc1nc(Cn2cncc2[C@@H]2CCCN2)cs1. The van der Waals surface area contributed by atoms with Crippen molar-refractivity contribution in [2.45, 2.75) is 32.4 Å². The predicted octanol–water partition coefficient (Wildman–Crippen LogP) is 2.12. The number of thiazole rings is 1. The molecule has 0 bridgehead atoms. The molecule has 17 heavy (non-hydrogen) atoms. The molecule has 3 heterocycles. The van der Waals surface area contributed by atoms with Crippen molar-refractivity contribution in [3.05, 3.63) is 34.3 Å². The molecule has 0 aromatic carbocycles. The fourth-order valence-corrected chi connectivity index (χ4v) is 2.95. The van der Waals surface area contributed by atoms with Gasteiger partial charge in [-0.05, 0) is 26.3 Å². The predicted molar refractivity (Wildman–Crippen MR) is 68.2 cm³/mol. The second-order valence-corrected chi connectivity index (χ2v) is 5.52. The Hall–Kier alpha value is -1.20. The summed E-state index contributed by atoms with van der Waals surface area (Å²) in [5.41, 5.74) is 2.41. The molecule has 0 radical (unpaired) electrons. The summed E-state index contributed by atoms with van der Waals surface area (Å²) in [5, 5.41) is 6.76. The molecule has 1 aliphatic heterocycles. The van der Waals surface area contributed by atoms with Gasteiger partial charge in [0.1, 0.15) is 0 Å². The van der Waals surface area contributed by atoms with Crippen LogP contribution in [0.4, 0.5) is 0 Å². The molecular weight excluding hydrogens is 232 g/mol. The number of nitrogens with one attached hydrogen (secondary N) is 1. The molecule has 1 aliphatic rings. The lowest BCUT2D eigenvalue weighted by Gasteiger charge is -2.12. The van der Waals surface area contributed by atoms with Crippen LogP contribution in [0.25, 0.3) is 0 Å². The molecule has 1 saturated heterocycles. The van der Waals surface area contributed by atoms with Gasteiger partial charge in [-0.2, -0.15) is 0 Å². The van der Waals surface area contributed by atoms with Gasteiger partial charge >= 0.3 is 0 Å². The van der Waals surface area contributed by atoms with Gasteiger partial charge < -0.3 is 9.88 Å². The minimum atomic E-state index is 0.470. The van der Waals surface area contributed by atoms with Crippen LogP contribution in [0.5, 0.6) is 0 Å². The van der Waals surface area contributed by atoms with Crippen molar-refractivity contribution in [1.29, 1.82) is 0 Å². The Kier molecular flexibility index (Phi) is 2.94. The van der Waals surface area contributed by atoms with E-state index in [2.05, 4.69) is 25.2 Å². The quantitative estimate of drug-likeness (QED) is 0.904. The fraction of sp³-hybridized carbons (Fsp3) is 0.500. The lowest BCUT2D eigenvalue weighted by molar-refractivity contribution is 0.582. The van der Waals surface area contributed by atoms with Gasteiger partial charge in [0.2, 0.25) is 0 Å². The highest BCUT2D eigenvalue weighted by atomic mass is 32.1. The zero-order valence-electron chi connectivity index (χ0n) is 9.89. The summed E-state index contributed by atoms with van der Waals surface area (Å²) in [7, 11) is 0. The highest BCUT2D eigenvalue weighted by Gasteiger charge is 2.19. The highest BCUT2D eigenvalue weighted by molar-refractivity contribution is 7.09. The van der Waals surface area contributed by atoms with Crippen LogP contribution in [-0.2, 0) is 6.54 Å². The Morgan fingerprint density at radius 3 is 3.24 bits per heavy atom. The maximum Gasteiger partial charge on any atom is 0.0952 e. The standard InChI is InChI=1S/C12H16N4S/c1-9-15-10(7-17-9)6-16-8-13-5-12(16)11-3-2-4-14-11/h5,7-8,11,14H,2-4,6H2,1H3/t11-/m0/s1. The Balaban J connectivity index is 1.81. The monoisotopic (exact) mass is 248 g/mol. The Labute approximate surface area is 105 Å². The minimum Gasteiger partial charge on any atom is -0.327 e. The van der Waals surface area contributed by atoms with Crippen LogP contribution in [0.3, 0.4) is 0 Å². The van der Waals surface area contributed by atoms with Crippen LogP contribution in [0.1, 0.15) is 35.3 Å². The van der Waals surface area contributed by atoms with E-state index in [1.165, 1.54) is 18.5 Å². The van der Waals surface area contributed by atoms with Gasteiger partial charge in [-0.3, -0.25) is 0 Å². The third kappa shape index (κ3) is 2.25. The van der Waals surface area contributed by atoms with Crippen molar-refractivity contribution in [1.82, 2.24) is 19.9 Å². The molecule has 0 amide bonds. The third-order valence-corrected chi connectivity index (χ3v) is 3.98. The molecule has 0 saturated carbocycles. The molecule has 2 aromatic heterocycles. The van der Waals surface area contributed by atoms with Crippen molar-refractivity contribution in [2.24, 2.45) is 0 Å². The first-order valence-corrected chi connectivity index (χ1v) is 6.85. The molecule has 0 unspecified atom stereocenters. The van der Waals surface area contributed by atoms with E-state index in [1.807, 2.05) is 19.4 Å². The van der Waals surface area contributed by atoms with Crippen molar-refractivity contribution in [3.8, 4) is 0 Å². The van der Waals surface area contributed by atoms with E-state index in [4.69, 9.17) is 0 Å². The van der Waals surface area contributed by atoms with Gasteiger partial charge in [-0.25, -0.2) is 9.97 Å². The lowest BCUT2D eigenvalue weighted by Crippen LogP contribution is -2.17.